The van der Waals surface area contributed by atoms with E-state index in [1.807, 2.05) is 24.3 Å². The molecule has 0 saturated heterocycles. The van der Waals surface area contributed by atoms with Gasteiger partial charge >= 0.3 is 0 Å². The van der Waals surface area contributed by atoms with E-state index in [0.29, 0.717) is 22.6 Å². The van der Waals surface area contributed by atoms with E-state index in [1.165, 1.54) is 0 Å². The normalized spacial score (nSPS) is 10.6. The lowest BCUT2D eigenvalue weighted by Crippen LogP contribution is -2.11. The minimum Gasteiger partial charge on any atom is -0.380 e. The summed E-state index contributed by atoms with van der Waals surface area (Å²) in [6.45, 7) is 2.33. The monoisotopic (exact) mass is 308 g/mol. The van der Waals surface area contributed by atoms with Crippen LogP contribution in [0.3, 0.4) is 0 Å². The highest BCUT2D eigenvalue weighted by Crippen LogP contribution is 2.18. The fourth-order valence-corrected chi connectivity index (χ4v) is 1.87. The van der Waals surface area contributed by atoms with Crippen molar-refractivity contribution in [2.75, 3.05) is 7.11 Å². The maximum atomic E-state index is 11.7. The number of halogens is 1. The molecule has 0 aliphatic carbocycles. The van der Waals surface area contributed by atoms with Crippen LogP contribution in [0, 0.1) is 6.92 Å². The van der Waals surface area contributed by atoms with Crippen LogP contribution in [0.15, 0.2) is 33.5 Å². The van der Waals surface area contributed by atoms with Gasteiger partial charge in [-0.05, 0) is 34.5 Å². The van der Waals surface area contributed by atoms with Gasteiger partial charge in [0.05, 0.1) is 12.3 Å². The standard InChI is InChI=1S/C13H13BrN2O2/c1-8-11(14)13(17)16-12(15-8)10-5-3-4-9(6-10)7-18-2/h3-6H,7H2,1-2H3,(H,15,16,17). The van der Waals surface area contributed by atoms with Crippen LogP contribution in [0.5, 0.6) is 0 Å². The highest BCUT2D eigenvalue weighted by atomic mass is 79.9. The van der Waals surface area contributed by atoms with Gasteiger partial charge in [-0.2, -0.15) is 0 Å². The van der Waals surface area contributed by atoms with Gasteiger partial charge in [-0.1, -0.05) is 18.2 Å². The van der Waals surface area contributed by atoms with Gasteiger partial charge in [0.2, 0.25) is 0 Å². The quantitative estimate of drug-likeness (QED) is 0.948. The first-order chi connectivity index (χ1) is 8.61. The lowest BCUT2D eigenvalue weighted by molar-refractivity contribution is 0.185. The molecule has 0 aliphatic rings. The van der Waals surface area contributed by atoms with Gasteiger partial charge in [-0.15, -0.1) is 0 Å². The number of methoxy groups -OCH3 is 1. The number of benzene rings is 1. The molecule has 18 heavy (non-hydrogen) atoms. The predicted molar refractivity (Wildman–Crippen MR) is 73.4 cm³/mol. The molecule has 2 rings (SSSR count). The summed E-state index contributed by atoms with van der Waals surface area (Å²) in [5.74, 6) is 0.568. The number of aryl methyl sites for hydroxylation is 1. The SMILES string of the molecule is COCc1cccc(-c2nc(C)c(Br)c(=O)[nH]2)c1. The summed E-state index contributed by atoms with van der Waals surface area (Å²) in [4.78, 5) is 18.8. The Labute approximate surface area is 113 Å². The van der Waals surface area contributed by atoms with Crippen LogP contribution in [-0.4, -0.2) is 17.1 Å². The van der Waals surface area contributed by atoms with E-state index >= 15 is 0 Å². The molecule has 5 heteroatoms. The molecule has 1 aromatic carbocycles. The van der Waals surface area contributed by atoms with Gasteiger partial charge in [0.1, 0.15) is 10.3 Å². The summed E-state index contributed by atoms with van der Waals surface area (Å²) in [6, 6.07) is 7.75. The number of ether oxygens (including phenoxy) is 1. The smallest absolute Gasteiger partial charge is 0.265 e. The molecule has 0 spiro atoms. The van der Waals surface area contributed by atoms with Crippen molar-refractivity contribution in [3.63, 3.8) is 0 Å². The lowest BCUT2D eigenvalue weighted by Gasteiger charge is -2.05. The summed E-state index contributed by atoms with van der Waals surface area (Å²) in [6.07, 6.45) is 0. The first kappa shape index (κ1) is 13.0. The van der Waals surface area contributed by atoms with E-state index in [9.17, 15) is 4.79 Å². The van der Waals surface area contributed by atoms with Gasteiger partial charge in [0.15, 0.2) is 0 Å². The van der Waals surface area contributed by atoms with E-state index in [0.717, 1.165) is 11.1 Å². The fourth-order valence-electron chi connectivity index (χ4n) is 1.68. The molecule has 0 amide bonds. The third-order valence-corrected chi connectivity index (χ3v) is 3.47. The predicted octanol–water partition coefficient (Wildman–Crippen LogP) is 2.65. The zero-order valence-corrected chi connectivity index (χ0v) is 11.7. The number of aromatic nitrogens is 2. The highest BCUT2D eigenvalue weighted by Gasteiger charge is 2.07. The van der Waals surface area contributed by atoms with Gasteiger partial charge in [0, 0.05) is 12.7 Å². The Balaban J connectivity index is 2.48. The van der Waals surface area contributed by atoms with Crippen molar-refractivity contribution < 1.29 is 4.74 Å². The van der Waals surface area contributed by atoms with E-state index in [4.69, 9.17) is 4.74 Å². The van der Waals surface area contributed by atoms with E-state index in [1.54, 1.807) is 14.0 Å². The number of H-pyrrole nitrogens is 1. The Morgan fingerprint density at radius 3 is 2.89 bits per heavy atom. The Kier molecular flexibility index (Phi) is 3.93. The maximum Gasteiger partial charge on any atom is 0.265 e. The second-order valence-corrected chi connectivity index (χ2v) is 4.74. The summed E-state index contributed by atoms with van der Waals surface area (Å²) >= 11 is 3.20. The molecule has 0 fully saturated rings. The molecule has 94 valence electrons. The van der Waals surface area contributed by atoms with E-state index < -0.39 is 0 Å². The van der Waals surface area contributed by atoms with Crippen LogP contribution in [-0.2, 0) is 11.3 Å². The third kappa shape index (κ3) is 2.68. The molecule has 1 heterocycles. The van der Waals surface area contributed by atoms with Crippen LogP contribution in [0.25, 0.3) is 11.4 Å². The molecular formula is C13H13BrN2O2. The summed E-state index contributed by atoms with van der Waals surface area (Å²) in [5, 5.41) is 0. The first-order valence-electron chi connectivity index (χ1n) is 5.46. The molecule has 0 saturated carbocycles. The van der Waals surface area contributed by atoms with Crippen LogP contribution in [0.2, 0.25) is 0 Å². The van der Waals surface area contributed by atoms with Crippen LogP contribution >= 0.6 is 15.9 Å². The highest BCUT2D eigenvalue weighted by molar-refractivity contribution is 9.10. The average Bonchev–Trinajstić information content (AvgIpc) is 2.36. The van der Waals surface area contributed by atoms with E-state index in [-0.39, 0.29) is 5.56 Å². The Morgan fingerprint density at radius 2 is 2.22 bits per heavy atom. The van der Waals surface area contributed by atoms with Crippen molar-refractivity contribution in [2.24, 2.45) is 0 Å². The zero-order valence-electron chi connectivity index (χ0n) is 10.2. The van der Waals surface area contributed by atoms with Crippen molar-refractivity contribution in [1.29, 1.82) is 0 Å². The number of nitrogens with zero attached hydrogens (tertiary/aromatic N) is 1. The fraction of sp³-hybridized carbons (Fsp3) is 0.231. The zero-order chi connectivity index (χ0) is 13.1. The van der Waals surface area contributed by atoms with Gasteiger partial charge in [-0.25, -0.2) is 4.98 Å². The third-order valence-electron chi connectivity index (χ3n) is 2.54. The second kappa shape index (κ2) is 5.46. The molecule has 0 unspecified atom stereocenters. The number of hydrogen-bond donors (Lipinski definition) is 1. The van der Waals surface area contributed by atoms with Gasteiger partial charge in [0.25, 0.3) is 5.56 Å². The van der Waals surface area contributed by atoms with Crippen molar-refractivity contribution in [3.8, 4) is 11.4 Å². The van der Waals surface area contributed by atoms with Crippen LogP contribution in [0.4, 0.5) is 0 Å². The topological polar surface area (TPSA) is 55.0 Å². The molecular weight excluding hydrogens is 296 g/mol. The van der Waals surface area contributed by atoms with Gasteiger partial charge < -0.3 is 9.72 Å². The minimum atomic E-state index is -0.172. The summed E-state index contributed by atoms with van der Waals surface area (Å²) < 4.78 is 5.56. The Morgan fingerprint density at radius 1 is 1.44 bits per heavy atom. The Bertz CT molecular complexity index is 623. The number of aromatic amines is 1. The molecule has 1 N–H and O–H groups in total. The molecule has 0 bridgehead atoms. The number of rotatable bonds is 3. The molecule has 1 aromatic heterocycles. The van der Waals surface area contributed by atoms with Crippen molar-refractivity contribution in [3.05, 3.63) is 50.3 Å². The Hall–Kier alpha value is -1.46. The first-order valence-corrected chi connectivity index (χ1v) is 6.26. The van der Waals surface area contributed by atoms with Gasteiger partial charge in [-0.3, -0.25) is 4.79 Å². The maximum absolute atomic E-state index is 11.7. The lowest BCUT2D eigenvalue weighted by atomic mass is 10.1. The van der Waals surface area contributed by atoms with Crippen LogP contribution < -0.4 is 5.56 Å². The van der Waals surface area contributed by atoms with Crippen molar-refractivity contribution in [1.82, 2.24) is 9.97 Å². The molecule has 2 aromatic rings. The average molecular weight is 309 g/mol. The largest absolute Gasteiger partial charge is 0.380 e. The summed E-state index contributed by atoms with van der Waals surface area (Å²) in [7, 11) is 1.65. The van der Waals surface area contributed by atoms with Crippen molar-refractivity contribution in [2.45, 2.75) is 13.5 Å². The van der Waals surface area contributed by atoms with Crippen LogP contribution in [0.1, 0.15) is 11.3 Å². The molecule has 0 radical (unpaired) electrons. The molecule has 4 nitrogen and oxygen atoms in total. The van der Waals surface area contributed by atoms with E-state index in [2.05, 4.69) is 25.9 Å². The number of nitrogens with one attached hydrogen (secondary N) is 1. The van der Waals surface area contributed by atoms with Crippen molar-refractivity contribution >= 4 is 15.9 Å². The summed E-state index contributed by atoms with van der Waals surface area (Å²) in [5.41, 5.74) is 2.41. The minimum absolute atomic E-state index is 0.172. The second-order valence-electron chi connectivity index (χ2n) is 3.95. The number of hydrogen-bond acceptors (Lipinski definition) is 3. The molecule has 0 atom stereocenters. The molecule has 0 aliphatic heterocycles.